The van der Waals surface area contributed by atoms with Gasteiger partial charge in [-0.3, -0.25) is 9.59 Å². The molecule has 24 heavy (non-hydrogen) atoms. The average molecular weight is 367 g/mol. The predicted octanol–water partition coefficient (Wildman–Crippen LogP) is 2.06. The molecule has 8 heteroatoms. The monoisotopic (exact) mass is 366 g/mol. The molecule has 1 N–H and O–H groups in total. The van der Waals surface area contributed by atoms with Crippen LogP contribution in [0.15, 0.2) is 24.3 Å². The molecular weight excluding hydrogens is 352 g/mol. The van der Waals surface area contributed by atoms with Crippen LogP contribution in [-0.2, 0) is 14.3 Å². The van der Waals surface area contributed by atoms with E-state index in [4.69, 9.17) is 16.3 Å². The van der Waals surface area contributed by atoms with Gasteiger partial charge < -0.3 is 15.0 Å². The second-order valence-corrected chi connectivity index (χ2v) is 6.62. The Morgan fingerprint density at radius 1 is 1.42 bits per heavy atom. The highest BCUT2D eigenvalue weighted by Gasteiger charge is 2.41. The van der Waals surface area contributed by atoms with Crippen molar-refractivity contribution in [3.63, 3.8) is 0 Å². The van der Waals surface area contributed by atoms with Crippen LogP contribution in [0.1, 0.15) is 16.6 Å². The van der Waals surface area contributed by atoms with E-state index in [0.29, 0.717) is 9.90 Å². The fourth-order valence-corrected chi connectivity index (χ4v) is 4.09. The van der Waals surface area contributed by atoms with Crippen LogP contribution in [0.5, 0.6) is 0 Å². The van der Waals surface area contributed by atoms with Crippen molar-refractivity contribution in [2.75, 3.05) is 19.7 Å². The Balaban J connectivity index is 1.97. The second-order valence-electron chi connectivity index (χ2n) is 5.19. The summed E-state index contributed by atoms with van der Waals surface area (Å²) in [7, 11) is 0. The molecule has 0 bridgehead atoms. The van der Waals surface area contributed by atoms with Crippen molar-refractivity contribution in [1.29, 1.82) is 0 Å². The Kier molecular flexibility index (Phi) is 4.73. The van der Waals surface area contributed by atoms with Gasteiger partial charge in [-0.15, -0.1) is 11.3 Å². The summed E-state index contributed by atoms with van der Waals surface area (Å²) >= 11 is 7.59. The SMILES string of the molecule is CCOC(=O)C1C(=O)NCCN1C(=O)c1sc2ccccc2c1Cl. The van der Waals surface area contributed by atoms with Gasteiger partial charge in [0.1, 0.15) is 4.88 Å². The minimum atomic E-state index is -1.28. The van der Waals surface area contributed by atoms with E-state index in [0.717, 1.165) is 10.1 Å². The molecule has 0 spiro atoms. The topological polar surface area (TPSA) is 75.7 Å². The fraction of sp³-hybridized carbons (Fsp3) is 0.312. The van der Waals surface area contributed by atoms with Gasteiger partial charge >= 0.3 is 5.97 Å². The number of thiophene rings is 1. The molecule has 1 aromatic heterocycles. The van der Waals surface area contributed by atoms with Gasteiger partial charge in [-0.05, 0) is 13.0 Å². The molecule has 0 saturated carbocycles. The number of carbonyl (C=O) groups excluding carboxylic acids is 3. The van der Waals surface area contributed by atoms with E-state index in [1.165, 1.54) is 16.2 Å². The van der Waals surface area contributed by atoms with Crippen LogP contribution in [0.25, 0.3) is 10.1 Å². The summed E-state index contributed by atoms with van der Waals surface area (Å²) in [6, 6.07) is 6.11. The van der Waals surface area contributed by atoms with Crippen molar-refractivity contribution in [3.05, 3.63) is 34.2 Å². The lowest BCUT2D eigenvalue weighted by Crippen LogP contribution is -2.60. The molecule has 2 heterocycles. The first-order valence-electron chi connectivity index (χ1n) is 7.47. The van der Waals surface area contributed by atoms with Crippen LogP contribution in [0, 0.1) is 0 Å². The number of piperazine rings is 1. The van der Waals surface area contributed by atoms with Gasteiger partial charge in [0.25, 0.3) is 11.8 Å². The van der Waals surface area contributed by atoms with Gasteiger partial charge in [0.15, 0.2) is 0 Å². The molecule has 2 amide bonds. The zero-order valence-electron chi connectivity index (χ0n) is 12.9. The highest BCUT2D eigenvalue weighted by molar-refractivity contribution is 7.21. The van der Waals surface area contributed by atoms with Gasteiger partial charge in [-0.2, -0.15) is 0 Å². The van der Waals surface area contributed by atoms with Crippen LogP contribution in [0.3, 0.4) is 0 Å². The van der Waals surface area contributed by atoms with Gasteiger partial charge in [-0.1, -0.05) is 29.8 Å². The number of amides is 2. The summed E-state index contributed by atoms with van der Waals surface area (Å²) in [4.78, 5) is 38.7. The molecule has 0 aliphatic carbocycles. The van der Waals surface area contributed by atoms with Crippen LogP contribution in [0.4, 0.5) is 0 Å². The summed E-state index contributed by atoms with van der Waals surface area (Å²) in [6.07, 6.45) is 0. The maximum absolute atomic E-state index is 12.9. The van der Waals surface area contributed by atoms with Gasteiger partial charge in [-0.25, -0.2) is 4.79 Å². The minimum absolute atomic E-state index is 0.133. The van der Waals surface area contributed by atoms with Crippen molar-refractivity contribution in [1.82, 2.24) is 10.2 Å². The number of halogens is 1. The molecule has 3 rings (SSSR count). The Labute approximate surface area is 147 Å². The number of nitrogens with zero attached hydrogens (tertiary/aromatic N) is 1. The van der Waals surface area contributed by atoms with E-state index in [2.05, 4.69) is 5.32 Å². The number of carbonyl (C=O) groups is 3. The molecule has 0 radical (unpaired) electrons. The molecule has 1 aromatic carbocycles. The number of esters is 1. The third-order valence-electron chi connectivity index (χ3n) is 3.71. The molecule has 6 nitrogen and oxygen atoms in total. The first-order valence-corrected chi connectivity index (χ1v) is 8.66. The van der Waals surface area contributed by atoms with Gasteiger partial charge in [0.2, 0.25) is 6.04 Å². The third kappa shape index (κ3) is 2.85. The number of fused-ring (bicyclic) bond motifs is 1. The molecule has 1 fully saturated rings. The molecule has 1 aliphatic rings. The number of rotatable bonds is 3. The van der Waals surface area contributed by atoms with Crippen molar-refractivity contribution in [2.24, 2.45) is 0 Å². The standard InChI is InChI=1S/C16H15ClN2O4S/c1-2-23-16(22)12-14(20)18-7-8-19(12)15(21)13-11(17)9-5-3-4-6-10(9)24-13/h3-6,12H,2,7-8H2,1H3,(H,18,20). The van der Waals surface area contributed by atoms with E-state index < -0.39 is 23.8 Å². The Hall–Kier alpha value is -2.12. The first-order chi connectivity index (χ1) is 11.5. The molecule has 1 atom stereocenters. The lowest BCUT2D eigenvalue weighted by Gasteiger charge is -2.33. The number of hydrogen-bond acceptors (Lipinski definition) is 5. The third-order valence-corrected chi connectivity index (χ3v) is 5.38. The number of hydrogen-bond donors (Lipinski definition) is 1. The number of ether oxygens (including phenoxy) is 1. The molecule has 1 unspecified atom stereocenters. The highest BCUT2D eigenvalue weighted by Crippen LogP contribution is 2.36. The predicted molar refractivity (Wildman–Crippen MR) is 91.3 cm³/mol. The maximum atomic E-state index is 12.9. The van der Waals surface area contributed by atoms with Crippen LogP contribution in [-0.4, -0.2) is 48.4 Å². The number of nitrogens with one attached hydrogen (secondary N) is 1. The zero-order chi connectivity index (χ0) is 17.3. The number of benzene rings is 1. The second kappa shape index (κ2) is 6.78. The van der Waals surface area contributed by atoms with Crippen LogP contribution in [0.2, 0.25) is 5.02 Å². The largest absolute Gasteiger partial charge is 0.464 e. The van der Waals surface area contributed by atoms with Gasteiger partial charge in [0.05, 0.1) is 11.6 Å². The highest BCUT2D eigenvalue weighted by atomic mass is 35.5. The van der Waals surface area contributed by atoms with Crippen molar-refractivity contribution in [2.45, 2.75) is 13.0 Å². The normalized spacial score (nSPS) is 17.7. The smallest absolute Gasteiger partial charge is 0.338 e. The molecule has 1 saturated heterocycles. The lowest BCUT2D eigenvalue weighted by atomic mass is 10.1. The Morgan fingerprint density at radius 3 is 2.88 bits per heavy atom. The van der Waals surface area contributed by atoms with E-state index in [9.17, 15) is 14.4 Å². The summed E-state index contributed by atoms with van der Waals surface area (Å²) in [5, 5.41) is 3.71. The lowest BCUT2D eigenvalue weighted by molar-refractivity contribution is -0.154. The average Bonchev–Trinajstić information content (AvgIpc) is 2.91. The van der Waals surface area contributed by atoms with E-state index in [-0.39, 0.29) is 19.7 Å². The molecular formula is C16H15ClN2O4S. The zero-order valence-corrected chi connectivity index (χ0v) is 14.4. The van der Waals surface area contributed by atoms with Crippen LogP contribution < -0.4 is 5.32 Å². The molecule has 1 aliphatic heterocycles. The molecule has 126 valence electrons. The van der Waals surface area contributed by atoms with E-state index in [1.54, 1.807) is 6.92 Å². The van der Waals surface area contributed by atoms with E-state index in [1.807, 2.05) is 24.3 Å². The maximum Gasteiger partial charge on any atom is 0.338 e. The van der Waals surface area contributed by atoms with Crippen molar-refractivity contribution < 1.29 is 19.1 Å². The summed E-state index contributed by atoms with van der Waals surface area (Å²) in [5.74, 6) is -1.71. The minimum Gasteiger partial charge on any atom is -0.464 e. The first kappa shape index (κ1) is 16.7. The summed E-state index contributed by atoms with van der Waals surface area (Å²) in [6.45, 7) is 2.28. The quantitative estimate of drug-likeness (QED) is 0.666. The summed E-state index contributed by atoms with van der Waals surface area (Å²) < 4.78 is 5.81. The summed E-state index contributed by atoms with van der Waals surface area (Å²) in [5.41, 5.74) is 0. The van der Waals surface area contributed by atoms with Gasteiger partial charge in [0, 0.05) is 23.2 Å². The molecule has 2 aromatic rings. The van der Waals surface area contributed by atoms with Crippen molar-refractivity contribution >= 4 is 50.8 Å². The fourth-order valence-electron chi connectivity index (χ4n) is 2.62. The Morgan fingerprint density at radius 2 is 2.17 bits per heavy atom. The Bertz CT molecular complexity index is 820. The van der Waals surface area contributed by atoms with Crippen molar-refractivity contribution in [3.8, 4) is 0 Å². The van der Waals surface area contributed by atoms with Crippen LogP contribution >= 0.6 is 22.9 Å². The van der Waals surface area contributed by atoms with E-state index >= 15 is 0 Å².